The Kier molecular flexibility index (Phi) is 5.33. The van der Waals surface area contributed by atoms with Crippen molar-refractivity contribution in [1.29, 1.82) is 0 Å². The molecule has 0 bridgehead atoms. The van der Waals surface area contributed by atoms with E-state index in [1.807, 2.05) is 6.07 Å². The minimum Gasteiger partial charge on any atom is -0.382 e. The molecule has 32 heavy (non-hydrogen) atoms. The molecule has 3 aromatic heterocycles. The second-order valence-electron chi connectivity index (χ2n) is 8.80. The Balaban J connectivity index is 1.35. The van der Waals surface area contributed by atoms with Gasteiger partial charge in [-0.2, -0.15) is 0 Å². The number of allylic oxidation sites excluding steroid dienone is 2. The fourth-order valence-corrected chi connectivity index (χ4v) is 4.80. The normalized spacial score (nSPS) is 16.4. The van der Waals surface area contributed by atoms with Gasteiger partial charge in [-0.3, -0.25) is 0 Å². The van der Waals surface area contributed by atoms with Gasteiger partial charge >= 0.3 is 0 Å². The first kappa shape index (κ1) is 20.9. The molecule has 0 spiro atoms. The van der Waals surface area contributed by atoms with Crippen molar-refractivity contribution in [3.63, 3.8) is 0 Å². The van der Waals surface area contributed by atoms with Crippen molar-refractivity contribution in [3.05, 3.63) is 70.5 Å². The zero-order valence-electron chi connectivity index (χ0n) is 18.1. The van der Waals surface area contributed by atoms with E-state index in [0.29, 0.717) is 16.8 Å². The largest absolute Gasteiger partial charge is 0.382 e. The van der Waals surface area contributed by atoms with Crippen molar-refractivity contribution in [3.8, 4) is 0 Å². The predicted molar refractivity (Wildman–Crippen MR) is 127 cm³/mol. The minimum absolute atomic E-state index is 0.223. The van der Waals surface area contributed by atoms with Crippen molar-refractivity contribution in [2.75, 3.05) is 5.73 Å². The van der Waals surface area contributed by atoms with Crippen LogP contribution in [0.2, 0.25) is 5.02 Å². The SMILES string of the molecule is CC(C)c1ncnc2c1ccn2C1C=C(CCc2cc(F)c3cc(Cl)c(N)nc3c2)CC1. The molecule has 0 fully saturated rings. The third-order valence-electron chi connectivity index (χ3n) is 6.29. The molecule has 5 rings (SSSR count). The maximum atomic E-state index is 14.6. The van der Waals surface area contributed by atoms with Crippen LogP contribution in [-0.4, -0.2) is 19.5 Å². The number of aromatic nitrogens is 4. The highest BCUT2D eigenvalue weighted by Gasteiger charge is 2.21. The molecule has 0 saturated carbocycles. The van der Waals surface area contributed by atoms with Crippen molar-refractivity contribution in [1.82, 2.24) is 19.5 Å². The molecule has 0 saturated heterocycles. The molecule has 1 aromatic carbocycles. The Morgan fingerprint density at radius 3 is 2.84 bits per heavy atom. The summed E-state index contributed by atoms with van der Waals surface area (Å²) in [6, 6.07) is 7.43. The van der Waals surface area contributed by atoms with Gasteiger partial charge in [-0.25, -0.2) is 19.3 Å². The van der Waals surface area contributed by atoms with Crippen LogP contribution in [0.25, 0.3) is 21.9 Å². The monoisotopic (exact) mass is 449 g/mol. The number of pyridine rings is 1. The van der Waals surface area contributed by atoms with E-state index >= 15 is 0 Å². The average Bonchev–Trinajstić information content (AvgIpc) is 3.40. The number of rotatable bonds is 5. The molecule has 2 N–H and O–H groups in total. The van der Waals surface area contributed by atoms with Gasteiger partial charge in [0, 0.05) is 17.0 Å². The Bertz CT molecular complexity index is 1360. The van der Waals surface area contributed by atoms with Crippen LogP contribution in [0.15, 0.2) is 48.4 Å². The minimum atomic E-state index is -0.315. The van der Waals surface area contributed by atoms with Crippen molar-refractivity contribution >= 4 is 39.4 Å². The molecule has 0 aliphatic heterocycles. The van der Waals surface area contributed by atoms with Crippen LogP contribution >= 0.6 is 11.6 Å². The molecule has 1 aliphatic rings. The van der Waals surface area contributed by atoms with Gasteiger partial charge in [0.2, 0.25) is 0 Å². The van der Waals surface area contributed by atoms with Crippen LogP contribution in [0.3, 0.4) is 0 Å². The number of hydrogen-bond donors (Lipinski definition) is 1. The summed E-state index contributed by atoms with van der Waals surface area (Å²) in [6.45, 7) is 4.31. The van der Waals surface area contributed by atoms with Gasteiger partial charge in [0.15, 0.2) is 0 Å². The molecule has 1 aliphatic carbocycles. The molecule has 1 atom stereocenters. The molecule has 0 amide bonds. The Morgan fingerprint density at radius 2 is 2.03 bits per heavy atom. The van der Waals surface area contributed by atoms with Crippen molar-refractivity contribution in [2.45, 2.75) is 51.5 Å². The summed E-state index contributed by atoms with van der Waals surface area (Å²) in [5, 5.41) is 1.80. The lowest BCUT2D eigenvalue weighted by Crippen LogP contribution is -2.04. The maximum Gasteiger partial charge on any atom is 0.144 e. The quantitative estimate of drug-likeness (QED) is 0.359. The highest BCUT2D eigenvalue weighted by Crippen LogP contribution is 2.34. The first-order valence-corrected chi connectivity index (χ1v) is 11.3. The Morgan fingerprint density at radius 1 is 1.19 bits per heavy atom. The zero-order chi connectivity index (χ0) is 22.4. The fourth-order valence-electron chi connectivity index (χ4n) is 4.64. The standard InChI is InChI=1S/C25H25ClFN5/c1-14(2)23-18-7-8-32(25(18)30-13-29-23)17-6-5-15(9-17)3-4-16-10-21(27)19-12-20(26)24(28)31-22(19)11-16/h7-14,17H,3-6H2,1-2H3,(H2,28,31). The van der Waals surface area contributed by atoms with Gasteiger partial charge in [-0.05, 0) is 61.4 Å². The number of aryl methyl sites for hydroxylation is 1. The van der Waals surface area contributed by atoms with Crippen LogP contribution in [0.4, 0.5) is 10.2 Å². The van der Waals surface area contributed by atoms with E-state index in [1.165, 1.54) is 11.6 Å². The summed E-state index contributed by atoms with van der Waals surface area (Å²) in [5.74, 6) is 0.263. The van der Waals surface area contributed by atoms with E-state index in [9.17, 15) is 4.39 Å². The van der Waals surface area contributed by atoms with E-state index in [2.05, 4.69) is 51.7 Å². The number of benzene rings is 1. The Hall–Kier alpha value is -2.99. The maximum absolute atomic E-state index is 14.6. The van der Waals surface area contributed by atoms with Crippen LogP contribution in [-0.2, 0) is 6.42 Å². The van der Waals surface area contributed by atoms with E-state index in [0.717, 1.165) is 48.0 Å². The van der Waals surface area contributed by atoms with E-state index in [1.54, 1.807) is 12.4 Å². The lowest BCUT2D eigenvalue weighted by molar-refractivity contribution is 0.603. The molecule has 164 valence electrons. The van der Waals surface area contributed by atoms with E-state index in [4.69, 9.17) is 17.3 Å². The second-order valence-corrected chi connectivity index (χ2v) is 9.21. The van der Waals surface area contributed by atoms with Crippen molar-refractivity contribution in [2.24, 2.45) is 0 Å². The van der Waals surface area contributed by atoms with Crippen LogP contribution in [0.1, 0.15) is 56.3 Å². The summed E-state index contributed by atoms with van der Waals surface area (Å²) >= 11 is 5.99. The third kappa shape index (κ3) is 3.73. The van der Waals surface area contributed by atoms with Gasteiger partial charge < -0.3 is 10.3 Å². The lowest BCUT2D eigenvalue weighted by Gasteiger charge is -2.12. The Labute approximate surface area is 191 Å². The summed E-state index contributed by atoms with van der Waals surface area (Å²) in [5.41, 5.74) is 10.7. The lowest BCUT2D eigenvalue weighted by atomic mass is 10.0. The first-order chi connectivity index (χ1) is 15.4. The van der Waals surface area contributed by atoms with Crippen LogP contribution in [0.5, 0.6) is 0 Å². The molecule has 5 nitrogen and oxygen atoms in total. The molecule has 1 unspecified atom stereocenters. The summed E-state index contributed by atoms with van der Waals surface area (Å²) < 4.78 is 16.8. The number of halogens is 2. The number of fused-ring (bicyclic) bond motifs is 2. The van der Waals surface area contributed by atoms with Crippen LogP contribution < -0.4 is 5.73 Å². The fraction of sp³-hybridized carbons (Fsp3) is 0.320. The number of anilines is 1. The topological polar surface area (TPSA) is 69.6 Å². The number of nitrogens with two attached hydrogens (primary N) is 1. The van der Waals surface area contributed by atoms with Gasteiger partial charge in [-0.15, -0.1) is 0 Å². The molecule has 3 heterocycles. The van der Waals surface area contributed by atoms with Crippen molar-refractivity contribution < 1.29 is 4.39 Å². The van der Waals surface area contributed by atoms with E-state index in [-0.39, 0.29) is 22.7 Å². The highest BCUT2D eigenvalue weighted by molar-refractivity contribution is 6.33. The molecule has 0 radical (unpaired) electrons. The van der Waals surface area contributed by atoms with Gasteiger partial charge in [0.05, 0.1) is 22.3 Å². The van der Waals surface area contributed by atoms with E-state index < -0.39 is 0 Å². The van der Waals surface area contributed by atoms with Gasteiger partial charge in [0.25, 0.3) is 0 Å². The summed E-state index contributed by atoms with van der Waals surface area (Å²) in [7, 11) is 0. The number of hydrogen-bond acceptors (Lipinski definition) is 4. The summed E-state index contributed by atoms with van der Waals surface area (Å²) in [6.07, 6.45) is 9.83. The predicted octanol–water partition coefficient (Wildman–Crippen LogP) is 6.37. The molecule has 7 heteroatoms. The molecular formula is C25H25ClFN5. The van der Waals surface area contributed by atoms with Gasteiger partial charge in [-0.1, -0.05) is 37.1 Å². The zero-order valence-corrected chi connectivity index (χ0v) is 18.9. The smallest absolute Gasteiger partial charge is 0.144 e. The van der Waals surface area contributed by atoms with Crippen LogP contribution in [0, 0.1) is 5.82 Å². The summed E-state index contributed by atoms with van der Waals surface area (Å²) in [4.78, 5) is 13.3. The van der Waals surface area contributed by atoms with Gasteiger partial charge in [0.1, 0.15) is 23.6 Å². The third-order valence-corrected chi connectivity index (χ3v) is 6.60. The second kappa shape index (κ2) is 8.17. The number of nitrogen functional groups attached to an aromatic ring is 1. The molecular weight excluding hydrogens is 425 g/mol. The number of nitrogens with zero attached hydrogens (tertiary/aromatic N) is 4. The first-order valence-electron chi connectivity index (χ1n) is 11.0. The highest BCUT2D eigenvalue weighted by atomic mass is 35.5. The average molecular weight is 450 g/mol. The molecule has 4 aromatic rings.